The molecule has 1 saturated heterocycles. The number of carbonyl (C=O) groups excluding carboxylic acids is 2. The molecule has 2 aliphatic rings. The van der Waals surface area contributed by atoms with Crippen LogP contribution >= 0.6 is 11.3 Å². The molecule has 0 radical (unpaired) electrons. The molecule has 124 valence electrons. The molecule has 0 spiro atoms. The van der Waals surface area contributed by atoms with Gasteiger partial charge in [0.05, 0.1) is 10.4 Å². The van der Waals surface area contributed by atoms with Gasteiger partial charge in [0.15, 0.2) is 0 Å². The van der Waals surface area contributed by atoms with E-state index in [0.29, 0.717) is 18.0 Å². The molecule has 2 amide bonds. The number of rotatable bonds is 3. The summed E-state index contributed by atoms with van der Waals surface area (Å²) >= 11 is 1.45. The van der Waals surface area contributed by atoms with E-state index in [2.05, 4.69) is 10.3 Å². The van der Waals surface area contributed by atoms with Crippen molar-refractivity contribution in [2.24, 2.45) is 5.92 Å². The van der Waals surface area contributed by atoms with Crippen LogP contribution < -0.4 is 5.32 Å². The number of piperidine rings is 1. The third kappa shape index (κ3) is 2.71. The maximum absolute atomic E-state index is 12.7. The molecule has 4 rings (SSSR count). The highest BCUT2D eigenvalue weighted by molar-refractivity contribution is 7.12. The first-order chi connectivity index (χ1) is 11.6. The summed E-state index contributed by atoms with van der Waals surface area (Å²) in [6.07, 6.45) is 3.47. The zero-order chi connectivity index (χ0) is 16.7. The standard InChI is InChI=1S/C18H19N3O2S/c1-11-4-5-12(9-19-11)18(23)21-10-13-7-14(21)8-15(13)20-17(22)16-3-2-6-24-16/h2-6,9,13-15H,7-8,10H2,1H3,(H,20,22). The Bertz CT molecular complexity index is 757. The van der Waals surface area contributed by atoms with E-state index in [9.17, 15) is 9.59 Å². The van der Waals surface area contributed by atoms with Crippen LogP contribution in [0.2, 0.25) is 0 Å². The van der Waals surface area contributed by atoms with Gasteiger partial charge in [-0.05, 0) is 49.3 Å². The molecule has 1 aliphatic heterocycles. The van der Waals surface area contributed by atoms with Crippen LogP contribution in [0.15, 0.2) is 35.8 Å². The summed E-state index contributed by atoms with van der Waals surface area (Å²) in [5.41, 5.74) is 1.55. The highest BCUT2D eigenvalue weighted by Crippen LogP contribution is 2.38. The van der Waals surface area contributed by atoms with Crippen molar-refractivity contribution in [2.45, 2.75) is 31.8 Å². The minimum Gasteiger partial charge on any atom is -0.348 e. The Morgan fingerprint density at radius 2 is 2.17 bits per heavy atom. The van der Waals surface area contributed by atoms with Crippen LogP contribution in [-0.2, 0) is 0 Å². The fraction of sp³-hybridized carbons (Fsp3) is 0.389. The average Bonchev–Trinajstić information content (AvgIpc) is 3.31. The molecule has 3 unspecified atom stereocenters. The molecule has 2 aromatic rings. The van der Waals surface area contributed by atoms with Crippen LogP contribution in [0.4, 0.5) is 0 Å². The summed E-state index contributed by atoms with van der Waals surface area (Å²) in [6.45, 7) is 2.62. The fourth-order valence-electron chi connectivity index (χ4n) is 3.79. The van der Waals surface area contributed by atoms with Crippen LogP contribution in [0.25, 0.3) is 0 Å². The fourth-order valence-corrected chi connectivity index (χ4v) is 4.41. The van der Waals surface area contributed by atoms with Gasteiger partial charge in [-0.15, -0.1) is 11.3 Å². The first kappa shape index (κ1) is 15.3. The van der Waals surface area contributed by atoms with E-state index in [0.717, 1.165) is 23.4 Å². The van der Waals surface area contributed by atoms with Gasteiger partial charge in [0, 0.05) is 30.5 Å². The molecule has 1 saturated carbocycles. The van der Waals surface area contributed by atoms with E-state index in [4.69, 9.17) is 0 Å². The lowest BCUT2D eigenvalue weighted by molar-refractivity contribution is 0.0679. The number of likely N-dealkylation sites (tertiary alicyclic amines) is 1. The Labute approximate surface area is 144 Å². The lowest BCUT2D eigenvalue weighted by atomic mass is 10.0. The number of thiophene rings is 1. The third-order valence-corrected chi connectivity index (χ3v) is 5.89. The van der Waals surface area contributed by atoms with E-state index >= 15 is 0 Å². The van der Waals surface area contributed by atoms with Crippen LogP contribution in [0.5, 0.6) is 0 Å². The molecule has 3 atom stereocenters. The Kier molecular flexibility index (Phi) is 3.84. The van der Waals surface area contributed by atoms with Crippen molar-refractivity contribution in [3.63, 3.8) is 0 Å². The largest absolute Gasteiger partial charge is 0.348 e. The van der Waals surface area contributed by atoms with E-state index < -0.39 is 0 Å². The van der Waals surface area contributed by atoms with Crippen LogP contribution in [-0.4, -0.2) is 40.3 Å². The minimum atomic E-state index is 0.00293. The second-order valence-electron chi connectivity index (χ2n) is 6.59. The van der Waals surface area contributed by atoms with Crippen molar-refractivity contribution < 1.29 is 9.59 Å². The van der Waals surface area contributed by atoms with Crippen molar-refractivity contribution in [3.8, 4) is 0 Å². The SMILES string of the molecule is Cc1ccc(C(=O)N2CC3CC2CC3NC(=O)c2cccs2)cn1. The smallest absolute Gasteiger partial charge is 0.261 e. The Morgan fingerprint density at radius 3 is 2.79 bits per heavy atom. The summed E-state index contributed by atoms with van der Waals surface area (Å²) in [6, 6.07) is 7.82. The number of hydrogen-bond acceptors (Lipinski definition) is 4. The van der Waals surface area contributed by atoms with Gasteiger partial charge in [0.2, 0.25) is 0 Å². The number of carbonyl (C=O) groups is 2. The molecule has 3 heterocycles. The number of aromatic nitrogens is 1. The highest BCUT2D eigenvalue weighted by Gasteiger charge is 2.47. The average molecular weight is 341 g/mol. The number of nitrogens with zero attached hydrogens (tertiary/aromatic N) is 2. The first-order valence-corrected chi connectivity index (χ1v) is 9.08. The molecular formula is C18H19N3O2S. The summed E-state index contributed by atoms with van der Waals surface area (Å²) in [7, 11) is 0. The predicted molar refractivity (Wildman–Crippen MR) is 92.1 cm³/mol. The highest BCUT2D eigenvalue weighted by atomic mass is 32.1. The lowest BCUT2D eigenvalue weighted by Gasteiger charge is -2.32. The van der Waals surface area contributed by atoms with Crippen LogP contribution in [0, 0.1) is 12.8 Å². The second kappa shape index (κ2) is 6.02. The van der Waals surface area contributed by atoms with Crippen molar-refractivity contribution >= 4 is 23.2 Å². The number of fused-ring (bicyclic) bond motifs is 2. The van der Waals surface area contributed by atoms with Crippen molar-refractivity contribution in [1.82, 2.24) is 15.2 Å². The third-order valence-electron chi connectivity index (χ3n) is 5.02. The topological polar surface area (TPSA) is 62.3 Å². The number of nitrogens with one attached hydrogen (secondary N) is 1. The first-order valence-electron chi connectivity index (χ1n) is 8.20. The van der Waals surface area contributed by atoms with Gasteiger partial charge in [0.25, 0.3) is 11.8 Å². The molecule has 2 bridgehead atoms. The molecule has 1 N–H and O–H groups in total. The van der Waals surface area contributed by atoms with Gasteiger partial charge in [-0.1, -0.05) is 6.07 Å². The molecule has 24 heavy (non-hydrogen) atoms. The van der Waals surface area contributed by atoms with Gasteiger partial charge in [-0.3, -0.25) is 14.6 Å². The summed E-state index contributed by atoms with van der Waals surface area (Å²) in [4.78, 5) is 31.8. The lowest BCUT2D eigenvalue weighted by Crippen LogP contribution is -2.47. The molecule has 1 aliphatic carbocycles. The Hall–Kier alpha value is -2.21. The van der Waals surface area contributed by atoms with Gasteiger partial charge in [-0.2, -0.15) is 0 Å². The number of amides is 2. The normalized spacial score (nSPS) is 25.0. The zero-order valence-corrected chi connectivity index (χ0v) is 14.3. The van der Waals surface area contributed by atoms with Crippen molar-refractivity contribution in [1.29, 1.82) is 0 Å². The maximum atomic E-state index is 12.7. The molecule has 6 heteroatoms. The molecule has 5 nitrogen and oxygen atoms in total. The van der Waals surface area contributed by atoms with Crippen LogP contribution in [0.3, 0.4) is 0 Å². The van der Waals surface area contributed by atoms with Gasteiger partial charge in [0.1, 0.15) is 0 Å². The Morgan fingerprint density at radius 1 is 1.29 bits per heavy atom. The van der Waals surface area contributed by atoms with Gasteiger partial charge in [-0.25, -0.2) is 0 Å². The predicted octanol–water partition coefficient (Wildman–Crippen LogP) is 2.48. The van der Waals surface area contributed by atoms with Gasteiger partial charge >= 0.3 is 0 Å². The monoisotopic (exact) mass is 341 g/mol. The Balaban J connectivity index is 1.40. The molecule has 0 aromatic carbocycles. The van der Waals surface area contributed by atoms with E-state index in [1.54, 1.807) is 6.20 Å². The quantitative estimate of drug-likeness (QED) is 0.933. The number of hydrogen-bond donors (Lipinski definition) is 1. The van der Waals surface area contributed by atoms with Crippen LogP contribution in [0.1, 0.15) is 38.6 Å². The number of aryl methyl sites for hydroxylation is 1. The summed E-state index contributed by atoms with van der Waals surface area (Å²) in [5, 5.41) is 5.05. The van der Waals surface area contributed by atoms with Crippen molar-refractivity contribution in [3.05, 3.63) is 52.0 Å². The zero-order valence-electron chi connectivity index (χ0n) is 13.4. The van der Waals surface area contributed by atoms with Crippen molar-refractivity contribution in [2.75, 3.05) is 6.54 Å². The molecule has 2 aromatic heterocycles. The summed E-state index contributed by atoms with van der Waals surface area (Å²) in [5.74, 6) is 0.405. The molecule has 2 fully saturated rings. The van der Waals surface area contributed by atoms with Gasteiger partial charge < -0.3 is 10.2 Å². The number of pyridine rings is 1. The van der Waals surface area contributed by atoms with E-state index in [1.165, 1.54) is 11.3 Å². The van der Waals surface area contributed by atoms with E-state index in [1.807, 2.05) is 41.5 Å². The maximum Gasteiger partial charge on any atom is 0.261 e. The minimum absolute atomic E-state index is 0.00293. The van der Waals surface area contributed by atoms with E-state index in [-0.39, 0.29) is 23.9 Å². The molecular weight excluding hydrogens is 322 g/mol. The second-order valence-corrected chi connectivity index (χ2v) is 7.54. The summed E-state index contributed by atoms with van der Waals surface area (Å²) < 4.78 is 0.